The summed E-state index contributed by atoms with van der Waals surface area (Å²) < 4.78 is 6.19. The maximum absolute atomic E-state index is 11.6. The number of ether oxygens (including phenoxy) is 1. The lowest BCUT2D eigenvalue weighted by Crippen LogP contribution is -2.04. The zero-order valence-electron chi connectivity index (χ0n) is 11.0. The van der Waals surface area contributed by atoms with Crippen molar-refractivity contribution in [3.05, 3.63) is 53.5 Å². The molecule has 0 saturated carbocycles. The highest BCUT2D eigenvalue weighted by Gasteiger charge is 2.09. The first-order valence-electron chi connectivity index (χ1n) is 6.39. The summed E-state index contributed by atoms with van der Waals surface area (Å²) in [5.41, 5.74) is 2.51. The zero-order chi connectivity index (χ0) is 13.9. The van der Waals surface area contributed by atoms with Crippen LogP contribution in [0.25, 0.3) is 21.3 Å². The number of rotatable bonds is 3. The first-order chi connectivity index (χ1) is 9.79. The van der Waals surface area contributed by atoms with Crippen molar-refractivity contribution in [2.45, 2.75) is 6.92 Å². The van der Waals surface area contributed by atoms with Gasteiger partial charge in [-0.3, -0.25) is 4.98 Å². The van der Waals surface area contributed by atoms with Crippen LogP contribution in [0, 0.1) is 0 Å². The molecule has 4 heteroatoms. The molecule has 0 radical (unpaired) electrons. The van der Waals surface area contributed by atoms with Gasteiger partial charge in [0.05, 0.1) is 17.9 Å². The highest BCUT2D eigenvalue weighted by atomic mass is 32.1. The van der Waals surface area contributed by atoms with Crippen LogP contribution in [-0.2, 0) is 4.74 Å². The van der Waals surface area contributed by atoms with Crippen molar-refractivity contribution in [2.24, 2.45) is 0 Å². The Morgan fingerprint density at radius 2 is 2.00 bits per heavy atom. The number of thiophene rings is 1. The molecule has 2 heterocycles. The summed E-state index contributed by atoms with van der Waals surface area (Å²) in [5.74, 6) is -0.291. The smallest absolute Gasteiger partial charge is 0.338 e. The zero-order valence-corrected chi connectivity index (χ0v) is 11.8. The average molecular weight is 283 g/mol. The number of esters is 1. The molecule has 20 heavy (non-hydrogen) atoms. The van der Waals surface area contributed by atoms with Gasteiger partial charge >= 0.3 is 5.97 Å². The molecule has 100 valence electrons. The molecule has 2 aromatic heterocycles. The largest absolute Gasteiger partial charge is 0.462 e. The van der Waals surface area contributed by atoms with Gasteiger partial charge < -0.3 is 4.74 Å². The van der Waals surface area contributed by atoms with Gasteiger partial charge in [0, 0.05) is 21.8 Å². The molecule has 0 unspecified atom stereocenters. The van der Waals surface area contributed by atoms with Crippen molar-refractivity contribution in [1.82, 2.24) is 4.98 Å². The van der Waals surface area contributed by atoms with Crippen LogP contribution in [0.4, 0.5) is 0 Å². The molecule has 0 aliphatic carbocycles. The Labute approximate surface area is 120 Å². The second-order valence-electron chi connectivity index (χ2n) is 4.29. The van der Waals surface area contributed by atoms with E-state index in [2.05, 4.69) is 16.4 Å². The number of carbonyl (C=O) groups excluding carboxylic acids is 1. The highest BCUT2D eigenvalue weighted by molar-refractivity contribution is 7.17. The van der Waals surface area contributed by atoms with E-state index >= 15 is 0 Å². The predicted molar refractivity (Wildman–Crippen MR) is 81.0 cm³/mol. The Bertz CT molecular complexity index is 747. The number of fused-ring (bicyclic) bond motifs is 1. The van der Waals surface area contributed by atoms with Gasteiger partial charge in [-0.15, -0.1) is 11.3 Å². The van der Waals surface area contributed by atoms with E-state index in [1.165, 1.54) is 4.70 Å². The third-order valence-corrected chi connectivity index (χ3v) is 3.93. The Hall–Kier alpha value is -2.20. The molecule has 0 spiro atoms. The van der Waals surface area contributed by atoms with E-state index in [4.69, 9.17) is 4.74 Å². The van der Waals surface area contributed by atoms with Gasteiger partial charge in [0.15, 0.2) is 0 Å². The van der Waals surface area contributed by atoms with Crippen molar-refractivity contribution in [3.63, 3.8) is 0 Å². The first-order valence-corrected chi connectivity index (χ1v) is 7.27. The van der Waals surface area contributed by atoms with Crippen molar-refractivity contribution in [1.29, 1.82) is 0 Å². The lowest BCUT2D eigenvalue weighted by Gasteiger charge is -2.05. The minimum atomic E-state index is -0.291. The Morgan fingerprint density at radius 3 is 2.75 bits per heavy atom. The first kappa shape index (κ1) is 12.8. The monoisotopic (exact) mass is 283 g/mol. The van der Waals surface area contributed by atoms with E-state index in [1.807, 2.05) is 24.4 Å². The van der Waals surface area contributed by atoms with Crippen LogP contribution >= 0.6 is 11.3 Å². The summed E-state index contributed by atoms with van der Waals surface area (Å²) in [6, 6.07) is 11.5. The summed E-state index contributed by atoms with van der Waals surface area (Å²) in [5, 5.41) is 3.20. The van der Waals surface area contributed by atoms with E-state index in [0.717, 1.165) is 16.6 Å². The van der Waals surface area contributed by atoms with E-state index < -0.39 is 0 Å². The summed E-state index contributed by atoms with van der Waals surface area (Å²) in [7, 11) is 0. The summed E-state index contributed by atoms with van der Waals surface area (Å²) in [4.78, 5) is 16.1. The maximum Gasteiger partial charge on any atom is 0.338 e. The molecule has 0 atom stereocenters. The second-order valence-corrected chi connectivity index (χ2v) is 5.24. The van der Waals surface area contributed by atoms with E-state index in [0.29, 0.717) is 12.2 Å². The van der Waals surface area contributed by atoms with Gasteiger partial charge in [-0.1, -0.05) is 12.1 Å². The number of pyridine rings is 1. The number of nitrogens with zero attached hydrogens (tertiary/aromatic N) is 1. The standard InChI is InChI=1S/C16H13NO2S/c1-2-19-16(18)12-5-3-11(4-6-12)15-13-8-10-20-14(13)7-9-17-15/h3-10H,2H2,1H3. The lowest BCUT2D eigenvalue weighted by atomic mass is 10.1. The van der Waals surface area contributed by atoms with Gasteiger partial charge in [0.25, 0.3) is 0 Å². The van der Waals surface area contributed by atoms with Crippen LogP contribution in [-0.4, -0.2) is 17.6 Å². The van der Waals surface area contributed by atoms with Gasteiger partial charge in [-0.25, -0.2) is 4.79 Å². The Kier molecular flexibility index (Phi) is 3.48. The molecule has 0 aliphatic heterocycles. The summed E-state index contributed by atoms with van der Waals surface area (Å²) in [6.07, 6.45) is 1.81. The minimum Gasteiger partial charge on any atom is -0.462 e. The van der Waals surface area contributed by atoms with Crippen molar-refractivity contribution >= 4 is 27.4 Å². The Morgan fingerprint density at radius 1 is 1.20 bits per heavy atom. The topological polar surface area (TPSA) is 39.2 Å². The van der Waals surface area contributed by atoms with Crippen molar-refractivity contribution in [2.75, 3.05) is 6.61 Å². The molecule has 0 amide bonds. The summed E-state index contributed by atoms with van der Waals surface area (Å²) >= 11 is 1.70. The number of aromatic nitrogens is 1. The number of hydrogen-bond acceptors (Lipinski definition) is 4. The quantitative estimate of drug-likeness (QED) is 0.678. The van der Waals surface area contributed by atoms with Gasteiger partial charge in [0.2, 0.25) is 0 Å². The summed E-state index contributed by atoms with van der Waals surface area (Å²) in [6.45, 7) is 2.18. The van der Waals surface area contributed by atoms with E-state index in [1.54, 1.807) is 30.4 Å². The fourth-order valence-electron chi connectivity index (χ4n) is 2.10. The molecular formula is C16H13NO2S. The third-order valence-electron chi connectivity index (χ3n) is 3.05. The third kappa shape index (κ3) is 2.30. The Balaban J connectivity index is 1.99. The minimum absolute atomic E-state index is 0.291. The molecule has 1 aromatic carbocycles. The molecule has 3 aromatic rings. The highest BCUT2D eigenvalue weighted by Crippen LogP contribution is 2.29. The van der Waals surface area contributed by atoms with Crippen LogP contribution in [0.2, 0.25) is 0 Å². The number of benzene rings is 1. The van der Waals surface area contributed by atoms with Crippen LogP contribution in [0.3, 0.4) is 0 Å². The van der Waals surface area contributed by atoms with Crippen molar-refractivity contribution in [3.8, 4) is 11.3 Å². The average Bonchev–Trinajstić information content (AvgIpc) is 2.96. The maximum atomic E-state index is 11.6. The fourth-order valence-corrected chi connectivity index (χ4v) is 2.89. The molecule has 3 rings (SSSR count). The normalized spacial score (nSPS) is 10.7. The molecule has 0 fully saturated rings. The van der Waals surface area contributed by atoms with Crippen molar-refractivity contribution < 1.29 is 9.53 Å². The molecular weight excluding hydrogens is 270 g/mol. The van der Waals surface area contributed by atoms with Gasteiger partial charge in [-0.05, 0) is 36.6 Å². The number of carbonyl (C=O) groups is 1. The van der Waals surface area contributed by atoms with Gasteiger partial charge in [-0.2, -0.15) is 0 Å². The van der Waals surface area contributed by atoms with Crippen LogP contribution in [0.1, 0.15) is 17.3 Å². The molecule has 0 bridgehead atoms. The molecule has 0 N–H and O–H groups in total. The van der Waals surface area contributed by atoms with Gasteiger partial charge in [0.1, 0.15) is 0 Å². The lowest BCUT2D eigenvalue weighted by molar-refractivity contribution is 0.0526. The molecule has 0 aliphatic rings. The molecule has 3 nitrogen and oxygen atoms in total. The van der Waals surface area contributed by atoms with Crippen LogP contribution in [0.15, 0.2) is 48.0 Å². The molecule has 0 saturated heterocycles. The van der Waals surface area contributed by atoms with E-state index in [9.17, 15) is 4.79 Å². The second kappa shape index (κ2) is 5.43. The van der Waals surface area contributed by atoms with Crippen LogP contribution < -0.4 is 0 Å². The van der Waals surface area contributed by atoms with Crippen LogP contribution in [0.5, 0.6) is 0 Å². The fraction of sp³-hybridized carbons (Fsp3) is 0.125. The number of hydrogen-bond donors (Lipinski definition) is 0. The SMILES string of the molecule is CCOC(=O)c1ccc(-c2nccc3sccc23)cc1. The van der Waals surface area contributed by atoms with E-state index in [-0.39, 0.29) is 5.97 Å². The predicted octanol–water partition coefficient (Wildman–Crippen LogP) is 4.14.